The third kappa shape index (κ3) is 2.80. The highest BCUT2D eigenvalue weighted by atomic mass is 16.2. The molecule has 0 radical (unpaired) electrons. The van der Waals surface area contributed by atoms with Gasteiger partial charge in [-0.15, -0.1) is 0 Å². The van der Waals surface area contributed by atoms with Crippen LogP contribution < -0.4 is 11.1 Å². The Hall–Kier alpha value is -1.56. The number of carbonyl (C=O) groups excluding carboxylic acids is 1. The van der Waals surface area contributed by atoms with E-state index >= 15 is 0 Å². The molecular weight excluding hydrogens is 254 g/mol. The Labute approximate surface area is 119 Å². The summed E-state index contributed by atoms with van der Waals surface area (Å²) in [5.41, 5.74) is 6.16. The molecule has 1 aromatic rings. The summed E-state index contributed by atoms with van der Waals surface area (Å²) in [7, 11) is 2.24. The molecule has 3 N–H and O–H groups in total. The van der Waals surface area contributed by atoms with Crippen LogP contribution in [-0.4, -0.2) is 46.3 Å². The number of amides is 1. The Morgan fingerprint density at radius 2 is 2.15 bits per heavy atom. The number of nitrogen functional groups attached to an aromatic ring is 1. The van der Waals surface area contributed by atoms with E-state index < -0.39 is 0 Å². The molecule has 1 aromatic heterocycles. The van der Waals surface area contributed by atoms with Crippen LogP contribution in [0.3, 0.4) is 0 Å². The summed E-state index contributed by atoms with van der Waals surface area (Å²) in [5.74, 6) is 0.634. The predicted molar refractivity (Wildman–Crippen MR) is 76.9 cm³/mol. The van der Waals surface area contributed by atoms with Crippen molar-refractivity contribution in [2.75, 3.05) is 19.3 Å². The second-order valence-electron chi connectivity index (χ2n) is 6.16. The van der Waals surface area contributed by atoms with E-state index in [1.807, 2.05) is 0 Å². The quantitative estimate of drug-likeness (QED) is 0.838. The molecule has 2 bridgehead atoms. The highest BCUT2D eigenvalue weighted by Crippen LogP contribution is 2.36. The number of nitrogens with zero attached hydrogens (tertiary/aromatic N) is 3. The van der Waals surface area contributed by atoms with Crippen molar-refractivity contribution in [2.24, 2.45) is 5.92 Å². The van der Waals surface area contributed by atoms with E-state index in [9.17, 15) is 4.79 Å². The number of carbonyl (C=O) groups is 1. The molecule has 20 heavy (non-hydrogen) atoms. The zero-order valence-corrected chi connectivity index (χ0v) is 12.0. The van der Waals surface area contributed by atoms with Crippen molar-refractivity contribution in [3.8, 4) is 0 Å². The maximum absolute atomic E-state index is 11.9. The monoisotopic (exact) mass is 277 g/mol. The van der Waals surface area contributed by atoms with Crippen LogP contribution in [0, 0.1) is 5.92 Å². The molecule has 0 spiro atoms. The van der Waals surface area contributed by atoms with Gasteiger partial charge in [0, 0.05) is 24.8 Å². The van der Waals surface area contributed by atoms with Gasteiger partial charge in [-0.2, -0.15) is 5.10 Å². The average Bonchev–Trinajstić information content (AvgIpc) is 2.88. The van der Waals surface area contributed by atoms with Gasteiger partial charge in [0.25, 0.3) is 0 Å². The zero-order valence-electron chi connectivity index (χ0n) is 12.0. The van der Waals surface area contributed by atoms with Gasteiger partial charge in [0.1, 0.15) is 6.54 Å². The number of nitrogens with one attached hydrogen (secondary N) is 1. The van der Waals surface area contributed by atoms with Crippen molar-refractivity contribution in [3.63, 3.8) is 0 Å². The first-order chi connectivity index (χ1) is 9.61. The first-order valence-electron chi connectivity index (χ1n) is 7.38. The van der Waals surface area contributed by atoms with Crippen LogP contribution in [0.4, 0.5) is 5.69 Å². The Bertz CT molecular complexity index is 472. The largest absolute Gasteiger partial charge is 0.396 e. The summed E-state index contributed by atoms with van der Waals surface area (Å²) in [6.45, 7) is 1.03. The Balaban J connectivity index is 1.44. The molecule has 2 unspecified atom stereocenters. The fraction of sp³-hybridized carbons (Fsp3) is 0.714. The van der Waals surface area contributed by atoms with Gasteiger partial charge in [-0.05, 0) is 38.6 Å². The SMILES string of the molecule is CN1C2CCC1CC(CNC(=O)Cn1cc(N)cn1)C2. The molecule has 3 heterocycles. The van der Waals surface area contributed by atoms with Crippen LogP contribution in [0.2, 0.25) is 0 Å². The maximum atomic E-state index is 11.9. The van der Waals surface area contributed by atoms with Crippen LogP contribution in [0.15, 0.2) is 12.4 Å². The Morgan fingerprint density at radius 3 is 2.75 bits per heavy atom. The second kappa shape index (κ2) is 5.44. The summed E-state index contributed by atoms with van der Waals surface area (Å²) in [5, 5.41) is 7.05. The minimum atomic E-state index is 0.0133. The molecule has 3 rings (SSSR count). The fourth-order valence-corrected chi connectivity index (χ4v) is 3.62. The van der Waals surface area contributed by atoms with Crippen LogP contribution >= 0.6 is 0 Å². The lowest BCUT2D eigenvalue weighted by Crippen LogP contribution is -2.43. The Morgan fingerprint density at radius 1 is 1.45 bits per heavy atom. The summed E-state index contributed by atoms with van der Waals surface area (Å²) >= 11 is 0. The molecule has 0 aliphatic carbocycles. The number of hydrogen-bond acceptors (Lipinski definition) is 4. The lowest BCUT2D eigenvalue weighted by Gasteiger charge is -2.36. The van der Waals surface area contributed by atoms with Gasteiger partial charge in [0.05, 0.1) is 11.9 Å². The van der Waals surface area contributed by atoms with Crippen LogP contribution in [0.25, 0.3) is 0 Å². The lowest BCUT2D eigenvalue weighted by molar-refractivity contribution is -0.122. The molecule has 0 aromatic carbocycles. The van der Waals surface area contributed by atoms with Crippen molar-refractivity contribution in [1.82, 2.24) is 20.0 Å². The van der Waals surface area contributed by atoms with E-state index in [0.717, 1.165) is 18.6 Å². The summed E-state index contributed by atoms with van der Waals surface area (Å²) in [6.07, 6.45) is 8.29. The Kier molecular flexibility index (Phi) is 3.65. The molecule has 2 aliphatic heterocycles. The minimum Gasteiger partial charge on any atom is -0.396 e. The van der Waals surface area contributed by atoms with Crippen molar-refractivity contribution in [1.29, 1.82) is 0 Å². The van der Waals surface area contributed by atoms with Gasteiger partial charge >= 0.3 is 0 Å². The molecule has 2 aliphatic rings. The molecule has 6 nitrogen and oxygen atoms in total. The average molecular weight is 277 g/mol. The van der Waals surface area contributed by atoms with Gasteiger partial charge in [-0.1, -0.05) is 0 Å². The van der Waals surface area contributed by atoms with Crippen LogP contribution in [0.1, 0.15) is 25.7 Å². The minimum absolute atomic E-state index is 0.0133. The molecule has 0 saturated carbocycles. The van der Waals surface area contributed by atoms with Gasteiger partial charge in [-0.3, -0.25) is 9.48 Å². The van der Waals surface area contributed by atoms with E-state index in [-0.39, 0.29) is 12.5 Å². The smallest absolute Gasteiger partial charge is 0.241 e. The fourth-order valence-electron chi connectivity index (χ4n) is 3.62. The van der Waals surface area contributed by atoms with Crippen molar-refractivity contribution >= 4 is 11.6 Å². The van der Waals surface area contributed by atoms with Gasteiger partial charge in [-0.25, -0.2) is 0 Å². The molecule has 2 saturated heterocycles. The number of rotatable bonds is 4. The maximum Gasteiger partial charge on any atom is 0.241 e. The molecule has 2 fully saturated rings. The topological polar surface area (TPSA) is 76.2 Å². The third-order valence-corrected chi connectivity index (χ3v) is 4.74. The summed E-state index contributed by atoms with van der Waals surface area (Å²) < 4.78 is 1.57. The first kappa shape index (κ1) is 13.4. The first-order valence-corrected chi connectivity index (χ1v) is 7.38. The lowest BCUT2D eigenvalue weighted by atomic mass is 9.91. The van der Waals surface area contributed by atoms with E-state index in [1.165, 1.54) is 25.7 Å². The van der Waals surface area contributed by atoms with Gasteiger partial charge in [0.2, 0.25) is 5.91 Å². The van der Waals surface area contributed by atoms with Gasteiger partial charge in [0.15, 0.2) is 0 Å². The number of hydrogen-bond donors (Lipinski definition) is 2. The number of aromatic nitrogens is 2. The van der Waals surface area contributed by atoms with Crippen molar-refractivity contribution in [3.05, 3.63) is 12.4 Å². The van der Waals surface area contributed by atoms with Crippen molar-refractivity contribution < 1.29 is 4.79 Å². The number of piperidine rings is 1. The number of nitrogens with two attached hydrogens (primary N) is 1. The predicted octanol–water partition coefficient (Wildman–Crippen LogP) is 0.454. The van der Waals surface area contributed by atoms with E-state index in [4.69, 9.17) is 5.73 Å². The molecule has 1 amide bonds. The molecular formula is C14H23N5O. The number of fused-ring (bicyclic) bond motifs is 2. The standard InChI is InChI=1S/C14H23N5O/c1-18-12-2-3-13(18)5-10(4-12)6-16-14(20)9-19-8-11(15)7-17-19/h7-8,10,12-13H,2-6,9,15H2,1H3,(H,16,20). The van der Waals surface area contributed by atoms with E-state index in [1.54, 1.807) is 17.1 Å². The summed E-state index contributed by atoms with van der Waals surface area (Å²) in [4.78, 5) is 14.4. The highest BCUT2D eigenvalue weighted by Gasteiger charge is 2.38. The highest BCUT2D eigenvalue weighted by molar-refractivity contribution is 5.75. The molecule has 2 atom stereocenters. The number of anilines is 1. The molecule has 110 valence electrons. The van der Waals surface area contributed by atoms with Crippen molar-refractivity contribution in [2.45, 2.75) is 44.3 Å². The van der Waals surface area contributed by atoms with Crippen LogP contribution in [0.5, 0.6) is 0 Å². The second-order valence-corrected chi connectivity index (χ2v) is 6.16. The van der Waals surface area contributed by atoms with Crippen LogP contribution in [-0.2, 0) is 11.3 Å². The van der Waals surface area contributed by atoms with E-state index in [2.05, 4.69) is 22.4 Å². The van der Waals surface area contributed by atoms with E-state index in [0.29, 0.717) is 11.6 Å². The normalized spacial score (nSPS) is 29.6. The zero-order chi connectivity index (χ0) is 14.1. The van der Waals surface area contributed by atoms with Gasteiger partial charge < -0.3 is 16.0 Å². The summed E-state index contributed by atoms with van der Waals surface area (Å²) in [6, 6.07) is 1.45. The molecule has 6 heteroatoms. The third-order valence-electron chi connectivity index (χ3n) is 4.74.